The van der Waals surface area contributed by atoms with E-state index in [0.717, 1.165) is 16.0 Å². The van der Waals surface area contributed by atoms with E-state index in [4.69, 9.17) is 16.1 Å². The van der Waals surface area contributed by atoms with Crippen LogP contribution in [-0.4, -0.2) is 21.0 Å². The Kier molecular flexibility index (Phi) is 5.29. The quantitative estimate of drug-likeness (QED) is 0.429. The van der Waals surface area contributed by atoms with Crippen molar-refractivity contribution in [2.45, 2.75) is 13.8 Å². The second kappa shape index (κ2) is 8.04. The first-order valence-corrected chi connectivity index (χ1v) is 9.43. The average molecular weight is 423 g/mol. The number of aromatic nitrogens is 3. The minimum Gasteiger partial charge on any atom is -0.336 e. The lowest BCUT2D eigenvalue weighted by Crippen LogP contribution is -2.24. The molecule has 0 spiro atoms. The second-order valence-corrected chi connectivity index (χ2v) is 7.01. The Labute approximate surface area is 176 Å². The van der Waals surface area contributed by atoms with Crippen molar-refractivity contribution in [2.24, 2.45) is 0 Å². The number of amides is 1. The van der Waals surface area contributed by atoms with Gasteiger partial charge in [0.1, 0.15) is 23.5 Å². The zero-order chi connectivity index (χ0) is 21.3. The van der Waals surface area contributed by atoms with Crippen LogP contribution < -0.4 is 4.90 Å². The highest BCUT2D eigenvalue weighted by atomic mass is 35.5. The van der Waals surface area contributed by atoms with E-state index in [-0.39, 0.29) is 16.6 Å². The summed E-state index contributed by atoms with van der Waals surface area (Å²) in [6.07, 6.45) is 2.94. The van der Waals surface area contributed by atoms with Crippen molar-refractivity contribution >= 4 is 29.1 Å². The molecule has 2 aromatic heterocycles. The van der Waals surface area contributed by atoms with E-state index < -0.39 is 11.7 Å². The molecule has 6 nitrogen and oxygen atoms in total. The number of hydrogen-bond donors (Lipinski definition) is 0. The largest absolute Gasteiger partial charge is 0.336 e. The Morgan fingerprint density at radius 1 is 1.17 bits per heavy atom. The molecule has 0 bridgehead atoms. The lowest BCUT2D eigenvalue weighted by molar-refractivity contribution is -0.116. The number of carbonyl (C=O) groups excluding carboxylic acids is 1. The molecule has 0 radical (unpaired) electrons. The summed E-state index contributed by atoms with van der Waals surface area (Å²) in [6, 6.07) is 13.5. The van der Waals surface area contributed by atoms with E-state index in [1.807, 2.05) is 31.2 Å². The molecule has 0 unspecified atom stereocenters. The molecular formula is C22H16ClFN4O2. The minimum absolute atomic E-state index is 0.0182. The number of halogens is 2. The van der Waals surface area contributed by atoms with Crippen LogP contribution in [0.4, 0.5) is 16.0 Å². The van der Waals surface area contributed by atoms with Gasteiger partial charge >= 0.3 is 0 Å². The van der Waals surface area contributed by atoms with Crippen LogP contribution in [0.15, 0.2) is 65.6 Å². The fourth-order valence-corrected chi connectivity index (χ4v) is 3.45. The first kappa shape index (κ1) is 19.7. The smallest absolute Gasteiger partial charge is 0.248 e. The molecular weight excluding hydrogens is 407 g/mol. The molecule has 30 heavy (non-hydrogen) atoms. The van der Waals surface area contributed by atoms with E-state index in [2.05, 4.69) is 15.1 Å². The fraction of sp³-hybridized carbons (Fsp3) is 0.0909. The van der Waals surface area contributed by atoms with Crippen LogP contribution in [0, 0.1) is 12.7 Å². The van der Waals surface area contributed by atoms with E-state index in [0.29, 0.717) is 17.0 Å². The van der Waals surface area contributed by atoms with Gasteiger partial charge in [0.25, 0.3) is 0 Å². The third-order valence-corrected chi connectivity index (χ3v) is 4.79. The first-order valence-electron chi connectivity index (χ1n) is 9.05. The third-order valence-electron chi connectivity index (χ3n) is 4.48. The molecule has 0 saturated carbocycles. The average Bonchev–Trinajstić information content (AvgIpc) is 3.15. The number of nitrogens with zero attached hydrogens (tertiary/aromatic N) is 4. The van der Waals surface area contributed by atoms with Crippen molar-refractivity contribution in [3.8, 4) is 22.5 Å². The normalized spacial score (nSPS) is 10.8. The van der Waals surface area contributed by atoms with E-state index >= 15 is 0 Å². The van der Waals surface area contributed by atoms with Gasteiger partial charge in [-0.2, -0.15) is 0 Å². The number of hydrogen-bond acceptors (Lipinski definition) is 5. The zero-order valence-electron chi connectivity index (χ0n) is 16.1. The summed E-state index contributed by atoms with van der Waals surface area (Å²) < 4.78 is 20.3. The molecule has 0 aliphatic carbocycles. The fourth-order valence-electron chi connectivity index (χ4n) is 3.20. The lowest BCUT2D eigenvalue weighted by atomic mass is 10.0. The Hall–Kier alpha value is -3.58. The van der Waals surface area contributed by atoms with Crippen LogP contribution in [0.25, 0.3) is 22.5 Å². The van der Waals surface area contributed by atoms with Crippen molar-refractivity contribution in [1.82, 2.24) is 15.1 Å². The maximum absolute atomic E-state index is 14.7. The van der Waals surface area contributed by atoms with Crippen LogP contribution in [-0.2, 0) is 4.79 Å². The Balaban J connectivity index is 2.01. The summed E-state index contributed by atoms with van der Waals surface area (Å²) in [7, 11) is 0. The van der Waals surface area contributed by atoms with Gasteiger partial charge in [-0.25, -0.2) is 19.3 Å². The third kappa shape index (κ3) is 3.55. The van der Waals surface area contributed by atoms with Crippen LogP contribution in [0.3, 0.4) is 0 Å². The second-order valence-electron chi connectivity index (χ2n) is 6.60. The molecule has 2 aromatic carbocycles. The Bertz CT molecular complexity index is 1210. The number of aryl methyl sites for hydroxylation is 1. The van der Waals surface area contributed by atoms with Gasteiger partial charge in [-0.3, -0.25) is 4.79 Å². The van der Waals surface area contributed by atoms with Gasteiger partial charge in [0.15, 0.2) is 0 Å². The summed E-state index contributed by atoms with van der Waals surface area (Å²) in [5.41, 5.74) is 3.03. The van der Waals surface area contributed by atoms with E-state index in [9.17, 15) is 9.18 Å². The predicted octanol–water partition coefficient (Wildman–Crippen LogP) is 5.58. The highest BCUT2D eigenvalue weighted by molar-refractivity contribution is 6.34. The van der Waals surface area contributed by atoms with Gasteiger partial charge in [-0.05, 0) is 31.2 Å². The number of rotatable bonds is 4. The van der Waals surface area contributed by atoms with Gasteiger partial charge in [0.05, 0.1) is 16.3 Å². The van der Waals surface area contributed by atoms with Crippen molar-refractivity contribution < 1.29 is 13.7 Å². The summed E-state index contributed by atoms with van der Waals surface area (Å²) in [4.78, 5) is 21.9. The zero-order valence-corrected chi connectivity index (χ0v) is 16.9. The van der Waals surface area contributed by atoms with E-state index in [1.54, 1.807) is 12.3 Å². The van der Waals surface area contributed by atoms with Crippen LogP contribution in [0.1, 0.15) is 12.5 Å². The van der Waals surface area contributed by atoms with E-state index in [1.165, 1.54) is 31.5 Å². The summed E-state index contributed by atoms with van der Waals surface area (Å²) in [5, 5.41) is 4.26. The van der Waals surface area contributed by atoms with Gasteiger partial charge in [0, 0.05) is 18.7 Å². The molecule has 0 atom stereocenters. The van der Waals surface area contributed by atoms with Gasteiger partial charge in [0.2, 0.25) is 11.8 Å². The number of anilines is 2. The van der Waals surface area contributed by atoms with Gasteiger partial charge < -0.3 is 4.52 Å². The molecule has 0 saturated heterocycles. The van der Waals surface area contributed by atoms with Crippen LogP contribution in [0.5, 0.6) is 0 Å². The van der Waals surface area contributed by atoms with Crippen LogP contribution >= 0.6 is 11.6 Å². The molecule has 0 aliphatic rings. The Morgan fingerprint density at radius 2 is 1.97 bits per heavy atom. The molecule has 4 rings (SSSR count). The Morgan fingerprint density at radius 3 is 2.63 bits per heavy atom. The highest BCUT2D eigenvalue weighted by Gasteiger charge is 2.31. The molecule has 1 amide bonds. The number of benzene rings is 2. The highest BCUT2D eigenvalue weighted by Crippen LogP contribution is 2.43. The van der Waals surface area contributed by atoms with Crippen molar-refractivity contribution in [2.75, 3.05) is 4.90 Å². The summed E-state index contributed by atoms with van der Waals surface area (Å²) in [6.45, 7) is 3.25. The predicted molar refractivity (Wildman–Crippen MR) is 112 cm³/mol. The lowest BCUT2D eigenvalue weighted by Gasteiger charge is -2.20. The minimum atomic E-state index is -0.667. The maximum atomic E-state index is 14.7. The van der Waals surface area contributed by atoms with Crippen molar-refractivity contribution in [3.63, 3.8) is 0 Å². The molecule has 0 N–H and O–H groups in total. The topological polar surface area (TPSA) is 72.1 Å². The van der Waals surface area contributed by atoms with Gasteiger partial charge in [-0.1, -0.05) is 46.6 Å². The molecule has 2 heterocycles. The number of carbonyl (C=O) groups is 1. The summed E-state index contributed by atoms with van der Waals surface area (Å²) in [5.74, 6) is -1.14. The monoisotopic (exact) mass is 422 g/mol. The molecule has 8 heteroatoms. The first-order chi connectivity index (χ1) is 14.5. The molecule has 4 aromatic rings. The SMILES string of the molecule is CC(=O)N(c1onc(-c2cccc(C)c2)c1-c1ccncn1)c1c(F)cccc1Cl. The maximum Gasteiger partial charge on any atom is 0.248 e. The molecule has 0 aliphatic heterocycles. The standard InChI is InChI=1S/C22H16ClFN4O2/c1-13-5-3-6-15(11-13)20-19(18-9-10-25-12-26-18)22(30-27-20)28(14(2)29)21-16(23)7-4-8-17(21)24/h3-12H,1-2H3. The van der Waals surface area contributed by atoms with Gasteiger partial charge in [-0.15, -0.1) is 0 Å². The van der Waals surface area contributed by atoms with Crippen molar-refractivity contribution in [1.29, 1.82) is 0 Å². The van der Waals surface area contributed by atoms with Crippen molar-refractivity contribution in [3.05, 3.63) is 77.5 Å². The number of para-hydroxylation sites is 1. The molecule has 0 fully saturated rings. The van der Waals surface area contributed by atoms with Crippen LogP contribution in [0.2, 0.25) is 5.02 Å². The summed E-state index contributed by atoms with van der Waals surface area (Å²) >= 11 is 6.24. The molecule has 150 valence electrons.